The monoisotopic (exact) mass is 449 g/mol. The summed E-state index contributed by atoms with van der Waals surface area (Å²) in [6, 6.07) is 11.0. The molecule has 0 aliphatic carbocycles. The molecule has 2 aromatic rings. The van der Waals surface area contributed by atoms with Crippen LogP contribution in [0.15, 0.2) is 53.4 Å². The van der Waals surface area contributed by atoms with E-state index in [9.17, 15) is 27.5 Å². The first-order valence-electron chi connectivity index (χ1n) is 9.89. The van der Waals surface area contributed by atoms with Gasteiger partial charge in [-0.3, -0.25) is 9.59 Å². The van der Waals surface area contributed by atoms with Gasteiger partial charge in [-0.2, -0.15) is 4.31 Å². The molecule has 0 saturated carbocycles. The van der Waals surface area contributed by atoms with Gasteiger partial charge in [-0.25, -0.2) is 12.8 Å². The number of hydrogen-bond acceptors (Lipinski definition) is 5. The van der Waals surface area contributed by atoms with Crippen molar-refractivity contribution in [2.24, 2.45) is 0 Å². The second-order valence-electron chi connectivity index (χ2n) is 7.16. The minimum Gasteiger partial charge on any atom is -0.506 e. The first-order valence-corrected chi connectivity index (χ1v) is 11.3. The summed E-state index contributed by atoms with van der Waals surface area (Å²) < 4.78 is 39.6. The summed E-state index contributed by atoms with van der Waals surface area (Å²) >= 11 is 0. The number of halogens is 1. The number of rotatable bonds is 7. The average molecular weight is 450 g/mol. The number of carbonyl (C=O) groups is 2. The third-order valence-corrected chi connectivity index (χ3v) is 6.93. The van der Waals surface area contributed by atoms with Crippen molar-refractivity contribution in [2.45, 2.75) is 24.2 Å². The van der Waals surface area contributed by atoms with E-state index in [4.69, 9.17) is 0 Å². The zero-order valence-electron chi connectivity index (χ0n) is 16.8. The average Bonchev–Trinajstić information content (AvgIpc) is 2.75. The van der Waals surface area contributed by atoms with E-state index in [-0.39, 0.29) is 61.5 Å². The van der Waals surface area contributed by atoms with E-state index in [1.54, 1.807) is 23.1 Å². The van der Waals surface area contributed by atoms with Crippen molar-refractivity contribution in [2.75, 3.05) is 31.5 Å². The van der Waals surface area contributed by atoms with Gasteiger partial charge >= 0.3 is 0 Å². The van der Waals surface area contributed by atoms with E-state index >= 15 is 0 Å². The van der Waals surface area contributed by atoms with E-state index in [2.05, 4.69) is 5.32 Å². The van der Waals surface area contributed by atoms with Gasteiger partial charge in [0, 0.05) is 39.0 Å². The number of aromatic hydroxyl groups is 1. The number of piperazine rings is 1. The highest BCUT2D eigenvalue weighted by molar-refractivity contribution is 7.89. The van der Waals surface area contributed by atoms with Gasteiger partial charge in [0.05, 0.1) is 10.6 Å². The van der Waals surface area contributed by atoms with Crippen LogP contribution in [0.25, 0.3) is 0 Å². The Morgan fingerprint density at radius 3 is 2.26 bits per heavy atom. The van der Waals surface area contributed by atoms with Crippen LogP contribution in [0.4, 0.5) is 10.1 Å². The van der Waals surface area contributed by atoms with Crippen molar-refractivity contribution in [3.8, 4) is 5.75 Å². The van der Waals surface area contributed by atoms with Gasteiger partial charge in [0.2, 0.25) is 21.8 Å². The number of carbonyl (C=O) groups excluding carboxylic acids is 2. The minimum absolute atomic E-state index is 0.0177. The number of nitrogens with zero attached hydrogens (tertiary/aromatic N) is 2. The molecule has 0 aromatic heterocycles. The SMILES string of the molecule is O=C(CCCC(=O)N1CCN(S(=O)(=O)c2ccc(F)cc2)CC1)Nc1ccccc1O. The maximum absolute atomic E-state index is 13.0. The highest BCUT2D eigenvalue weighted by atomic mass is 32.2. The lowest BCUT2D eigenvalue weighted by atomic mass is 10.2. The Kier molecular flexibility index (Phi) is 7.24. The molecule has 2 N–H and O–H groups in total. The molecule has 31 heavy (non-hydrogen) atoms. The molecule has 0 bridgehead atoms. The third kappa shape index (κ3) is 5.80. The van der Waals surface area contributed by atoms with E-state index < -0.39 is 15.8 Å². The first kappa shape index (κ1) is 22.7. The summed E-state index contributed by atoms with van der Waals surface area (Å²) in [6.45, 7) is 0.811. The molecular formula is C21H24FN3O5S. The number of phenolic OH excluding ortho intramolecular Hbond substituents is 1. The molecule has 2 amide bonds. The van der Waals surface area contributed by atoms with Crippen LogP contribution in [0.2, 0.25) is 0 Å². The van der Waals surface area contributed by atoms with Crippen LogP contribution < -0.4 is 5.32 Å². The highest BCUT2D eigenvalue weighted by Crippen LogP contribution is 2.22. The van der Waals surface area contributed by atoms with Gasteiger partial charge in [-0.05, 0) is 42.8 Å². The van der Waals surface area contributed by atoms with Crippen LogP contribution in [0, 0.1) is 5.82 Å². The second kappa shape index (κ2) is 9.88. The van der Waals surface area contributed by atoms with Crippen LogP contribution in [-0.2, 0) is 19.6 Å². The molecule has 0 atom stereocenters. The van der Waals surface area contributed by atoms with Gasteiger partial charge in [-0.1, -0.05) is 12.1 Å². The number of nitrogens with one attached hydrogen (secondary N) is 1. The summed E-state index contributed by atoms with van der Waals surface area (Å²) in [5, 5.41) is 12.3. The fraction of sp³-hybridized carbons (Fsp3) is 0.333. The Labute approximate surface area is 180 Å². The zero-order chi connectivity index (χ0) is 22.4. The lowest BCUT2D eigenvalue weighted by Gasteiger charge is -2.34. The Bertz CT molecular complexity index is 1040. The van der Waals surface area contributed by atoms with E-state index in [0.29, 0.717) is 12.1 Å². The number of benzene rings is 2. The molecule has 166 valence electrons. The number of para-hydroxylation sites is 2. The van der Waals surface area contributed by atoms with Gasteiger partial charge < -0.3 is 15.3 Å². The highest BCUT2D eigenvalue weighted by Gasteiger charge is 2.30. The Morgan fingerprint density at radius 1 is 0.968 bits per heavy atom. The minimum atomic E-state index is -3.73. The topological polar surface area (TPSA) is 107 Å². The van der Waals surface area contributed by atoms with Crippen molar-refractivity contribution in [3.63, 3.8) is 0 Å². The van der Waals surface area contributed by atoms with Crippen molar-refractivity contribution in [1.29, 1.82) is 0 Å². The summed E-state index contributed by atoms with van der Waals surface area (Å²) in [4.78, 5) is 26.0. The molecule has 1 aliphatic rings. The summed E-state index contributed by atoms with van der Waals surface area (Å²) in [5.74, 6) is -0.984. The van der Waals surface area contributed by atoms with Crippen LogP contribution >= 0.6 is 0 Å². The smallest absolute Gasteiger partial charge is 0.243 e. The Morgan fingerprint density at radius 2 is 1.61 bits per heavy atom. The molecule has 1 fully saturated rings. The molecule has 0 spiro atoms. The van der Waals surface area contributed by atoms with Crippen molar-refractivity contribution in [1.82, 2.24) is 9.21 Å². The third-order valence-electron chi connectivity index (χ3n) is 5.02. The quantitative estimate of drug-likeness (QED) is 0.630. The van der Waals surface area contributed by atoms with Crippen LogP contribution in [0.3, 0.4) is 0 Å². The van der Waals surface area contributed by atoms with E-state index in [1.165, 1.54) is 22.5 Å². The van der Waals surface area contributed by atoms with Gasteiger partial charge in [-0.15, -0.1) is 0 Å². The van der Waals surface area contributed by atoms with Crippen molar-refractivity contribution >= 4 is 27.5 Å². The van der Waals surface area contributed by atoms with Crippen LogP contribution in [0.1, 0.15) is 19.3 Å². The summed E-state index contributed by atoms with van der Waals surface area (Å²) in [5.41, 5.74) is 0.317. The maximum Gasteiger partial charge on any atom is 0.243 e. The molecule has 3 rings (SSSR count). The molecule has 1 saturated heterocycles. The number of amides is 2. The Hall–Kier alpha value is -2.98. The molecule has 0 radical (unpaired) electrons. The number of hydrogen-bond donors (Lipinski definition) is 2. The zero-order valence-corrected chi connectivity index (χ0v) is 17.6. The van der Waals surface area contributed by atoms with E-state index in [0.717, 1.165) is 12.1 Å². The van der Waals surface area contributed by atoms with Crippen LogP contribution in [0.5, 0.6) is 5.75 Å². The molecular weight excluding hydrogens is 425 g/mol. The van der Waals surface area contributed by atoms with Crippen molar-refractivity contribution in [3.05, 3.63) is 54.3 Å². The summed E-state index contributed by atoms with van der Waals surface area (Å²) in [7, 11) is -3.73. The molecule has 1 aliphatic heterocycles. The van der Waals surface area contributed by atoms with E-state index in [1.807, 2.05) is 0 Å². The fourth-order valence-electron chi connectivity index (χ4n) is 3.28. The van der Waals surface area contributed by atoms with Crippen LogP contribution in [-0.4, -0.2) is 60.7 Å². The molecule has 1 heterocycles. The normalized spacial score (nSPS) is 14.9. The maximum atomic E-state index is 13.0. The van der Waals surface area contributed by atoms with Crippen molar-refractivity contribution < 1.29 is 27.5 Å². The fourth-order valence-corrected chi connectivity index (χ4v) is 4.71. The van der Waals surface area contributed by atoms with Gasteiger partial charge in [0.15, 0.2) is 0 Å². The molecule has 10 heteroatoms. The predicted octanol–water partition coefficient (Wildman–Crippen LogP) is 2.17. The second-order valence-corrected chi connectivity index (χ2v) is 9.10. The summed E-state index contributed by atoms with van der Waals surface area (Å²) in [6.07, 6.45) is 0.629. The first-order chi connectivity index (χ1) is 14.8. The lowest BCUT2D eigenvalue weighted by Crippen LogP contribution is -2.50. The predicted molar refractivity (Wildman–Crippen MR) is 112 cm³/mol. The largest absolute Gasteiger partial charge is 0.506 e. The van der Waals surface area contributed by atoms with Gasteiger partial charge in [0.25, 0.3) is 0 Å². The molecule has 8 nitrogen and oxygen atoms in total. The Balaban J connectivity index is 1.43. The lowest BCUT2D eigenvalue weighted by molar-refractivity contribution is -0.132. The number of anilines is 1. The molecule has 2 aromatic carbocycles. The number of sulfonamides is 1. The molecule has 0 unspecified atom stereocenters. The van der Waals surface area contributed by atoms with Gasteiger partial charge in [0.1, 0.15) is 11.6 Å². The standard InChI is InChI=1S/C21H24FN3O5S/c22-16-8-10-17(11-9-16)31(29,30)25-14-12-24(13-15-25)21(28)7-3-6-20(27)23-18-4-1-2-5-19(18)26/h1-2,4-5,8-11,26H,3,6-7,12-15H2,(H,23,27). The number of phenols is 1.